The van der Waals surface area contributed by atoms with E-state index in [4.69, 9.17) is 52.5 Å². The normalized spacial score (nSPS) is 22.1. The van der Waals surface area contributed by atoms with Crippen LogP contribution in [-0.4, -0.2) is 102 Å². The maximum Gasteiger partial charge on any atom is 0.333 e. The minimum atomic E-state index is -2.67. The van der Waals surface area contributed by atoms with Crippen LogP contribution in [0.3, 0.4) is 0 Å². The minimum absolute atomic E-state index is 0.148. The predicted octanol–water partition coefficient (Wildman–Crippen LogP) is 2.82. The molecule has 4 N–H and O–H groups in total. The molecule has 0 saturated carbocycles. The van der Waals surface area contributed by atoms with Gasteiger partial charge in [-0.3, -0.25) is 43.1 Å². The Bertz CT molecular complexity index is 2910. The number of hydrogen-bond donors (Lipinski definition) is 3. The van der Waals surface area contributed by atoms with E-state index in [1.54, 1.807) is 38.5 Å². The van der Waals surface area contributed by atoms with Crippen molar-refractivity contribution < 1.29 is 61.1 Å². The lowest BCUT2D eigenvalue weighted by molar-refractivity contribution is -0.165. The number of carbonyl (C=O) groups excluding carboxylic acids is 3. The third-order valence-electron chi connectivity index (χ3n) is 11.6. The van der Waals surface area contributed by atoms with Gasteiger partial charge in [0.25, 0.3) is 11.1 Å². The van der Waals surface area contributed by atoms with Crippen molar-refractivity contribution in [3.8, 4) is 17.6 Å². The number of nitriles is 1. The average molecular weight is 1010 g/mol. The highest BCUT2D eigenvalue weighted by Crippen LogP contribution is 2.50. The summed E-state index contributed by atoms with van der Waals surface area (Å²) in [5, 5.41) is 9.52. The summed E-state index contributed by atoms with van der Waals surface area (Å²) in [7, 11) is 0.416. The second-order valence-electron chi connectivity index (χ2n) is 16.3. The molecule has 1 unspecified atom stereocenters. The third kappa shape index (κ3) is 12.1. The molecule has 0 bridgehead atoms. The van der Waals surface area contributed by atoms with Crippen LogP contribution < -0.4 is 37.7 Å². The molecule has 0 radical (unpaired) electrons. The molecular formula is C48H51N6O17P. The molecule has 2 saturated heterocycles. The van der Waals surface area contributed by atoms with Crippen molar-refractivity contribution >= 4 is 26.4 Å². The number of rotatable bonds is 22. The fraction of sp³-hybridized carbons (Fsp3) is 0.375. The SMILES string of the molecule is COc1ccc(C(OC[C@H]2O[C@@H](n3ccc(=O)[nH]c3=O)[C@H](CC(N)=O)[C@@H]2OP(OCCC#N)OC[C@H]2O[C@@H](n3ccc(=O)[nH]c3=O)[C@H](OC(C)=O)[C@@H]2OC(C)=O)(c2ccccc2)c2ccc(OC)cc2)cc1. The Morgan fingerprint density at radius 3 is 1.72 bits per heavy atom. The number of hydrogen-bond acceptors (Lipinski definition) is 18. The molecule has 380 valence electrons. The number of methoxy groups -OCH3 is 2. The highest BCUT2D eigenvalue weighted by Gasteiger charge is 2.53. The monoisotopic (exact) mass is 1010 g/mol. The summed E-state index contributed by atoms with van der Waals surface area (Å²) < 4.78 is 63.2. The molecule has 5 aromatic rings. The number of nitrogens with zero attached hydrogens (tertiary/aromatic N) is 3. The molecule has 3 aromatic carbocycles. The molecule has 0 aliphatic carbocycles. The zero-order valence-electron chi connectivity index (χ0n) is 39.3. The van der Waals surface area contributed by atoms with Crippen LogP contribution in [0.2, 0.25) is 0 Å². The molecule has 2 fully saturated rings. The summed E-state index contributed by atoms with van der Waals surface area (Å²) >= 11 is 0. The molecule has 2 aliphatic rings. The Morgan fingerprint density at radius 1 is 0.694 bits per heavy atom. The Kier molecular flexibility index (Phi) is 17.3. The Hall–Kier alpha value is -7.29. The van der Waals surface area contributed by atoms with Gasteiger partial charge in [-0.25, -0.2) is 9.59 Å². The van der Waals surface area contributed by atoms with Gasteiger partial charge in [-0.05, 0) is 41.0 Å². The van der Waals surface area contributed by atoms with E-state index in [0.29, 0.717) is 28.2 Å². The molecule has 0 spiro atoms. The standard InChI is InChI=1S/C48H51N6O17P/c1-28(55)67-42-37(70-45(43(42)68-29(2)56)54-23-20-40(59)52-47(54)61)27-66-72(65-24-8-21-49)71-41-35(25-38(50)57)44(53-22-19-39(58)51-46(53)60)69-36(41)26-64-48(30-9-6-5-7-10-30,31-11-15-33(62-3)16-12-31)32-13-17-34(63-4)18-14-32/h5-7,9-20,22-23,35-37,41-45H,8,24-27H2,1-4H3,(H2,50,57)(H,51,58,60)(H,52,59,61)/t35-,36-,37-,41+,42-,43-,44-,45-,72?/m1/s1. The second-order valence-corrected chi connectivity index (χ2v) is 17.5. The molecule has 9 atom stereocenters. The van der Waals surface area contributed by atoms with Crippen molar-refractivity contribution in [3.05, 3.63) is 162 Å². The molecule has 23 nitrogen and oxygen atoms in total. The molecule has 2 aliphatic heterocycles. The highest BCUT2D eigenvalue weighted by molar-refractivity contribution is 7.41. The van der Waals surface area contributed by atoms with Crippen LogP contribution in [0.25, 0.3) is 0 Å². The minimum Gasteiger partial charge on any atom is -0.497 e. The van der Waals surface area contributed by atoms with E-state index in [1.807, 2.05) is 60.7 Å². The molecule has 1 amide bonds. The summed E-state index contributed by atoms with van der Waals surface area (Å²) in [5.74, 6) is -2.44. The maximum atomic E-state index is 13.5. The Balaban J connectivity index is 1.30. The first-order valence-corrected chi connectivity index (χ1v) is 23.4. The van der Waals surface area contributed by atoms with Gasteiger partial charge in [0.15, 0.2) is 18.4 Å². The number of nitrogens with two attached hydrogens (primary N) is 1. The molecule has 72 heavy (non-hydrogen) atoms. The molecule has 7 rings (SSSR count). The molecular weight excluding hydrogens is 964 g/mol. The van der Waals surface area contributed by atoms with Crippen molar-refractivity contribution in [3.63, 3.8) is 0 Å². The van der Waals surface area contributed by atoms with Gasteiger partial charge in [0, 0.05) is 50.7 Å². The van der Waals surface area contributed by atoms with E-state index in [9.17, 15) is 38.8 Å². The molecule has 2 aromatic heterocycles. The number of nitrogens with one attached hydrogen (secondary N) is 2. The van der Waals surface area contributed by atoms with Gasteiger partial charge >= 0.3 is 31.9 Å². The number of H-pyrrole nitrogens is 2. The van der Waals surface area contributed by atoms with E-state index in [1.165, 1.54) is 6.20 Å². The van der Waals surface area contributed by atoms with E-state index in [2.05, 4.69) is 9.97 Å². The van der Waals surface area contributed by atoms with Gasteiger partial charge in [0.2, 0.25) is 5.91 Å². The van der Waals surface area contributed by atoms with Gasteiger partial charge < -0.3 is 52.5 Å². The number of esters is 2. The van der Waals surface area contributed by atoms with Crippen molar-refractivity contribution in [2.24, 2.45) is 11.7 Å². The fourth-order valence-corrected chi connectivity index (χ4v) is 9.74. The number of ether oxygens (including phenoxy) is 7. The van der Waals surface area contributed by atoms with Gasteiger partial charge in [0.05, 0.1) is 46.5 Å². The van der Waals surface area contributed by atoms with Crippen LogP contribution >= 0.6 is 8.60 Å². The van der Waals surface area contributed by atoms with E-state index in [0.717, 1.165) is 41.3 Å². The van der Waals surface area contributed by atoms with Gasteiger partial charge in [-0.1, -0.05) is 54.6 Å². The lowest BCUT2D eigenvalue weighted by atomic mass is 9.80. The first-order chi connectivity index (χ1) is 34.6. The lowest BCUT2D eigenvalue weighted by Crippen LogP contribution is -2.42. The third-order valence-corrected chi connectivity index (χ3v) is 12.8. The van der Waals surface area contributed by atoms with Crippen molar-refractivity contribution in [2.45, 2.75) is 75.3 Å². The van der Waals surface area contributed by atoms with E-state index < -0.39 is 116 Å². The predicted molar refractivity (Wildman–Crippen MR) is 251 cm³/mol. The van der Waals surface area contributed by atoms with Gasteiger partial charge in [-0.15, -0.1) is 0 Å². The average Bonchev–Trinajstić information content (AvgIpc) is 3.85. The number of amides is 1. The topological polar surface area (TPSA) is 303 Å². The van der Waals surface area contributed by atoms with Crippen LogP contribution in [-0.2, 0) is 57.2 Å². The van der Waals surface area contributed by atoms with Crippen LogP contribution in [0.5, 0.6) is 11.5 Å². The second kappa shape index (κ2) is 23.7. The first kappa shape index (κ1) is 52.5. The van der Waals surface area contributed by atoms with Crippen LogP contribution in [0.15, 0.2) is 123 Å². The lowest BCUT2D eigenvalue weighted by Gasteiger charge is -2.37. The summed E-state index contributed by atoms with van der Waals surface area (Å²) in [6.07, 6.45) is -7.78. The van der Waals surface area contributed by atoms with E-state index in [-0.39, 0.29) is 19.6 Å². The zero-order chi connectivity index (χ0) is 51.5. The number of benzene rings is 3. The quantitative estimate of drug-likeness (QED) is 0.0388. The number of aromatic amines is 2. The molecule has 4 heterocycles. The summed E-state index contributed by atoms with van der Waals surface area (Å²) in [6, 6.07) is 27.9. The van der Waals surface area contributed by atoms with E-state index >= 15 is 0 Å². The van der Waals surface area contributed by atoms with Crippen LogP contribution in [0, 0.1) is 17.2 Å². The largest absolute Gasteiger partial charge is 0.497 e. The Labute approximate surface area is 411 Å². The summed E-state index contributed by atoms with van der Waals surface area (Å²) in [4.78, 5) is 93.0. The number of primary amides is 1. The van der Waals surface area contributed by atoms with Crippen molar-refractivity contribution in [2.75, 3.05) is 34.0 Å². The summed E-state index contributed by atoms with van der Waals surface area (Å²) in [5.41, 5.74) is 3.20. The highest BCUT2D eigenvalue weighted by atomic mass is 31.2. The zero-order valence-corrected chi connectivity index (χ0v) is 40.2. The van der Waals surface area contributed by atoms with Crippen molar-refractivity contribution in [1.29, 1.82) is 5.26 Å². The summed E-state index contributed by atoms with van der Waals surface area (Å²) in [6.45, 7) is 1.05. The van der Waals surface area contributed by atoms with Crippen molar-refractivity contribution in [1.82, 2.24) is 19.1 Å². The van der Waals surface area contributed by atoms with Gasteiger partial charge in [-0.2, -0.15) is 5.26 Å². The smallest absolute Gasteiger partial charge is 0.333 e. The number of aromatic nitrogens is 4. The van der Waals surface area contributed by atoms with Gasteiger partial charge in [0.1, 0.15) is 41.6 Å². The first-order valence-electron chi connectivity index (χ1n) is 22.3. The van der Waals surface area contributed by atoms with Crippen LogP contribution in [0.4, 0.5) is 0 Å². The maximum absolute atomic E-state index is 13.5. The fourth-order valence-electron chi connectivity index (χ4n) is 8.55. The number of carbonyl (C=O) groups is 3. The molecule has 24 heteroatoms. The van der Waals surface area contributed by atoms with Crippen LogP contribution in [0.1, 0.15) is 55.8 Å². The Morgan fingerprint density at radius 2 is 1.21 bits per heavy atom.